The van der Waals surface area contributed by atoms with Crippen molar-refractivity contribution < 1.29 is 13.9 Å². The first-order valence-electron chi connectivity index (χ1n) is 8.14. The van der Waals surface area contributed by atoms with Crippen LogP contribution in [0.15, 0.2) is 46.0 Å². The second-order valence-corrected chi connectivity index (χ2v) is 8.32. The van der Waals surface area contributed by atoms with Crippen LogP contribution in [0, 0.1) is 0 Å². The maximum atomic E-state index is 12.1. The normalized spacial score (nSPS) is 11.9. The SMILES string of the molecule is C[C@H](Oc1ccc(Cl)cc1Cl)c1nnc(SCC(=O)Nc2ccc(Cl)cc2Cl)o1. The highest BCUT2D eigenvalue weighted by Crippen LogP contribution is 2.31. The molecule has 0 aliphatic carbocycles. The Balaban J connectivity index is 1.54. The molecule has 0 saturated carbocycles. The van der Waals surface area contributed by atoms with Crippen LogP contribution < -0.4 is 10.1 Å². The lowest BCUT2D eigenvalue weighted by atomic mass is 10.3. The van der Waals surface area contributed by atoms with E-state index in [-0.39, 0.29) is 22.8 Å². The lowest BCUT2D eigenvalue weighted by Crippen LogP contribution is -2.14. The molecule has 3 rings (SSSR count). The Morgan fingerprint density at radius 2 is 1.79 bits per heavy atom. The van der Waals surface area contributed by atoms with Crippen LogP contribution in [-0.4, -0.2) is 21.9 Å². The molecule has 1 heterocycles. The summed E-state index contributed by atoms with van der Waals surface area (Å²) >= 11 is 24.9. The van der Waals surface area contributed by atoms with Crippen molar-refractivity contribution in [2.24, 2.45) is 0 Å². The van der Waals surface area contributed by atoms with E-state index in [2.05, 4.69) is 15.5 Å². The molecule has 0 aliphatic heterocycles. The van der Waals surface area contributed by atoms with Crippen molar-refractivity contribution in [1.82, 2.24) is 10.2 Å². The molecule has 1 amide bonds. The van der Waals surface area contributed by atoms with Gasteiger partial charge in [-0.05, 0) is 43.3 Å². The second-order valence-electron chi connectivity index (χ2n) is 5.70. The third-order valence-electron chi connectivity index (χ3n) is 3.50. The van der Waals surface area contributed by atoms with E-state index in [1.807, 2.05) is 0 Å². The van der Waals surface area contributed by atoms with Crippen LogP contribution in [0.5, 0.6) is 5.75 Å². The summed E-state index contributed by atoms with van der Waals surface area (Å²) in [6.45, 7) is 1.74. The first kappa shape index (κ1) is 22.1. The third-order valence-corrected chi connectivity index (χ3v) is 5.40. The minimum absolute atomic E-state index is 0.0544. The Labute approximate surface area is 190 Å². The number of hydrogen-bond donors (Lipinski definition) is 1. The number of halogens is 4. The molecule has 0 bridgehead atoms. The van der Waals surface area contributed by atoms with Crippen LogP contribution in [0.25, 0.3) is 0 Å². The number of benzene rings is 2. The number of carbonyl (C=O) groups excluding carboxylic acids is 1. The third kappa shape index (κ3) is 6.17. The summed E-state index contributed by atoms with van der Waals surface area (Å²) in [5, 5.41) is 12.5. The van der Waals surface area contributed by atoms with Gasteiger partial charge in [0.15, 0.2) is 6.10 Å². The van der Waals surface area contributed by atoms with Gasteiger partial charge in [0.2, 0.25) is 5.91 Å². The van der Waals surface area contributed by atoms with Gasteiger partial charge in [0.1, 0.15) is 5.75 Å². The molecule has 29 heavy (non-hydrogen) atoms. The number of anilines is 1. The lowest BCUT2D eigenvalue weighted by molar-refractivity contribution is -0.113. The molecule has 152 valence electrons. The van der Waals surface area contributed by atoms with Crippen molar-refractivity contribution >= 4 is 69.8 Å². The Kier molecular flexibility index (Phi) is 7.54. The van der Waals surface area contributed by atoms with E-state index in [0.29, 0.717) is 31.5 Å². The van der Waals surface area contributed by atoms with Crippen LogP contribution >= 0.6 is 58.2 Å². The zero-order valence-corrected chi connectivity index (χ0v) is 18.6. The topological polar surface area (TPSA) is 77.2 Å². The number of ether oxygens (including phenoxy) is 1. The van der Waals surface area contributed by atoms with Gasteiger partial charge in [0.25, 0.3) is 11.1 Å². The Bertz CT molecular complexity index is 1030. The predicted molar refractivity (Wildman–Crippen MR) is 116 cm³/mol. The maximum absolute atomic E-state index is 12.1. The minimum Gasteiger partial charge on any atom is -0.479 e. The number of nitrogens with zero attached hydrogens (tertiary/aromatic N) is 2. The lowest BCUT2D eigenvalue weighted by Gasteiger charge is -2.12. The van der Waals surface area contributed by atoms with Gasteiger partial charge >= 0.3 is 0 Å². The number of nitrogens with one attached hydrogen (secondary N) is 1. The van der Waals surface area contributed by atoms with Crippen molar-refractivity contribution in [2.75, 3.05) is 11.1 Å². The van der Waals surface area contributed by atoms with Crippen molar-refractivity contribution in [2.45, 2.75) is 18.3 Å². The molecule has 1 atom stereocenters. The highest BCUT2D eigenvalue weighted by Gasteiger charge is 2.18. The van der Waals surface area contributed by atoms with E-state index >= 15 is 0 Å². The molecule has 11 heteroatoms. The highest BCUT2D eigenvalue weighted by atomic mass is 35.5. The molecule has 1 N–H and O–H groups in total. The Hall–Kier alpha value is -1.64. The number of hydrogen-bond acceptors (Lipinski definition) is 6. The molecule has 0 radical (unpaired) electrons. The van der Waals surface area contributed by atoms with E-state index < -0.39 is 6.10 Å². The summed E-state index contributed by atoms with van der Waals surface area (Å²) in [5.41, 5.74) is 0.467. The molecule has 0 aliphatic rings. The zero-order chi connectivity index (χ0) is 21.0. The number of aromatic nitrogens is 2. The number of thioether (sulfide) groups is 1. The molecular formula is C18H13Cl4N3O3S. The van der Waals surface area contributed by atoms with Crippen LogP contribution in [0.3, 0.4) is 0 Å². The molecule has 1 aromatic heterocycles. The maximum Gasteiger partial charge on any atom is 0.277 e. The summed E-state index contributed by atoms with van der Waals surface area (Å²) in [7, 11) is 0. The fourth-order valence-corrected chi connectivity index (χ4v) is 3.64. The first-order valence-corrected chi connectivity index (χ1v) is 10.6. The smallest absolute Gasteiger partial charge is 0.277 e. The standard InChI is InChI=1S/C18H13Cl4N3O3S/c1-9(27-15-5-3-11(20)7-13(15)22)17-24-25-18(28-17)29-8-16(26)23-14-4-2-10(19)6-12(14)21/h2-7,9H,8H2,1H3,(H,23,26)/t9-/m0/s1. The highest BCUT2D eigenvalue weighted by molar-refractivity contribution is 7.99. The number of amides is 1. The summed E-state index contributed by atoms with van der Waals surface area (Å²) in [6.07, 6.45) is -0.544. The van der Waals surface area contributed by atoms with Crippen LogP contribution in [0.2, 0.25) is 20.1 Å². The fraction of sp³-hybridized carbons (Fsp3) is 0.167. The quantitative estimate of drug-likeness (QED) is 0.376. The molecule has 0 fully saturated rings. The number of rotatable bonds is 7. The predicted octanol–water partition coefficient (Wildman–Crippen LogP) is 6.55. The van der Waals surface area contributed by atoms with Crippen molar-refractivity contribution in [1.29, 1.82) is 0 Å². The van der Waals surface area contributed by atoms with E-state index in [9.17, 15) is 4.79 Å². The van der Waals surface area contributed by atoms with Gasteiger partial charge in [0, 0.05) is 10.0 Å². The van der Waals surface area contributed by atoms with Gasteiger partial charge in [-0.3, -0.25) is 4.79 Å². The van der Waals surface area contributed by atoms with Gasteiger partial charge < -0.3 is 14.5 Å². The Morgan fingerprint density at radius 3 is 2.48 bits per heavy atom. The first-order chi connectivity index (χ1) is 13.8. The van der Waals surface area contributed by atoms with Gasteiger partial charge in [-0.15, -0.1) is 10.2 Å². The average Bonchev–Trinajstić information content (AvgIpc) is 3.14. The zero-order valence-electron chi connectivity index (χ0n) is 14.8. The molecule has 3 aromatic rings. The number of carbonyl (C=O) groups is 1. The van der Waals surface area contributed by atoms with Crippen molar-refractivity contribution in [3.05, 3.63) is 62.4 Å². The summed E-state index contributed by atoms with van der Waals surface area (Å²) in [5.74, 6) is 0.463. The largest absolute Gasteiger partial charge is 0.479 e. The van der Waals surface area contributed by atoms with Crippen LogP contribution in [0.1, 0.15) is 18.9 Å². The summed E-state index contributed by atoms with van der Waals surface area (Å²) < 4.78 is 11.3. The van der Waals surface area contributed by atoms with Crippen molar-refractivity contribution in [3.8, 4) is 5.75 Å². The van der Waals surface area contributed by atoms with Crippen molar-refractivity contribution in [3.63, 3.8) is 0 Å². The van der Waals surface area contributed by atoms with E-state index in [1.54, 1.807) is 43.3 Å². The molecule has 0 unspecified atom stereocenters. The van der Waals surface area contributed by atoms with E-state index in [0.717, 1.165) is 11.8 Å². The molecule has 2 aromatic carbocycles. The van der Waals surface area contributed by atoms with Gasteiger partial charge in [0.05, 0.1) is 21.5 Å². The summed E-state index contributed by atoms with van der Waals surface area (Å²) in [6, 6.07) is 9.69. The molecular weight excluding hydrogens is 480 g/mol. The van der Waals surface area contributed by atoms with Crippen LogP contribution in [0.4, 0.5) is 5.69 Å². The summed E-state index contributed by atoms with van der Waals surface area (Å²) in [4.78, 5) is 12.1. The second kappa shape index (κ2) is 9.91. The fourth-order valence-electron chi connectivity index (χ4n) is 2.16. The molecule has 6 nitrogen and oxygen atoms in total. The molecule has 0 spiro atoms. The van der Waals surface area contributed by atoms with E-state index in [4.69, 9.17) is 55.6 Å². The van der Waals surface area contributed by atoms with Crippen LogP contribution in [-0.2, 0) is 4.79 Å². The monoisotopic (exact) mass is 491 g/mol. The van der Waals surface area contributed by atoms with Gasteiger partial charge in [-0.2, -0.15) is 0 Å². The molecule has 0 saturated heterocycles. The minimum atomic E-state index is -0.544. The van der Waals surface area contributed by atoms with Gasteiger partial charge in [-0.25, -0.2) is 0 Å². The van der Waals surface area contributed by atoms with E-state index in [1.165, 1.54) is 0 Å². The van der Waals surface area contributed by atoms with Gasteiger partial charge in [-0.1, -0.05) is 58.2 Å². The Morgan fingerprint density at radius 1 is 1.10 bits per heavy atom. The average molecular weight is 493 g/mol.